The monoisotopic (exact) mass is 394 g/mol. The molecule has 3 N–H and O–H groups in total. The first-order valence-electron chi connectivity index (χ1n) is 10.7. The molecule has 2 heteroatoms. The van der Waals surface area contributed by atoms with Gasteiger partial charge in [-0.05, 0) is 57.7 Å². The zero-order chi connectivity index (χ0) is 21.3. The van der Waals surface area contributed by atoms with Gasteiger partial charge in [-0.1, -0.05) is 88.4 Å². The second-order valence-corrected chi connectivity index (χ2v) is 8.58. The van der Waals surface area contributed by atoms with Crippen LogP contribution in [0.3, 0.4) is 0 Å². The van der Waals surface area contributed by atoms with E-state index >= 15 is 0 Å². The molecule has 0 heterocycles. The zero-order valence-corrected chi connectivity index (χ0v) is 18.2. The van der Waals surface area contributed by atoms with Crippen molar-refractivity contribution < 1.29 is 0 Å². The maximum Gasteiger partial charge on any atom is 0.0697 e. The number of nitrogen functional groups attached to an aromatic ring is 1. The molecule has 0 amide bonds. The van der Waals surface area contributed by atoms with Crippen molar-refractivity contribution in [2.24, 2.45) is 0 Å². The molecule has 2 nitrogen and oxygen atoms in total. The van der Waals surface area contributed by atoms with Crippen molar-refractivity contribution in [3.63, 3.8) is 0 Å². The maximum absolute atomic E-state index is 6.45. The second kappa shape index (κ2) is 8.23. The first-order chi connectivity index (χ1) is 14.5. The van der Waals surface area contributed by atoms with Crippen LogP contribution in [0.2, 0.25) is 0 Å². The maximum atomic E-state index is 6.45. The first kappa shape index (κ1) is 20.0. The minimum atomic E-state index is 0.380. The van der Waals surface area contributed by atoms with Crippen LogP contribution in [0.1, 0.15) is 50.7 Å². The summed E-state index contributed by atoms with van der Waals surface area (Å²) in [5.41, 5.74) is 14.5. The molecule has 0 atom stereocenters. The standard InChI is InChI=1S/C28H30N2/c1-18(2)24-16-22(20-10-6-5-7-11-20)17-25(19(3)4)27(24)30-28-23-13-9-8-12-21(23)14-15-26(28)29/h5-19,30H,29H2,1-4H3. The fraction of sp³-hybridized carbons (Fsp3) is 0.214. The highest BCUT2D eigenvalue weighted by atomic mass is 14.9. The number of benzene rings is 4. The lowest BCUT2D eigenvalue weighted by molar-refractivity contribution is 0.839. The van der Waals surface area contributed by atoms with Gasteiger partial charge in [0, 0.05) is 11.1 Å². The summed E-state index contributed by atoms with van der Waals surface area (Å²) < 4.78 is 0. The molecule has 30 heavy (non-hydrogen) atoms. The predicted octanol–water partition coefficient (Wildman–Crippen LogP) is 8.08. The Morgan fingerprint density at radius 3 is 1.87 bits per heavy atom. The van der Waals surface area contributed by atoms with E-state index in [0.29, 0.717) is 11.8 Å². The van der Waals surface area contributed by atoms with Crippen LogP contribution in [0.5, 0.6) is 0 Å². The Balaban J connectivity index is 1.93. The summed E-state index contributed by atoms with van der Waals surface area (Å²) in [6, 6.07) is 27.8. The molecule has 0 saturated heterocycles. The van der Waals surface area contributed by atoms with Crippen molar-refractivity contribution in [1.29, 1.82) is 0 Å². The fourth-order valence-electron chi connectivity index (χ4n) is 4.09. The predicted molar refractivity (Wildman–Crippen MR) is 132 cm³/mol. The third kappa shape index (κ3) is 3.78. The number of rotatable bonds is 5. The summed E-state index contributed by atoms with van der Waals surface area (Å²) in [7, 11) is 0. The largest absolute Gasteiger partial charge is 0.397 e. The molecule has 0 bridgehead atoms. The average Bonchev–Trinajstić information content (AvgIpc) is 2.76. The minimum Gasteiger partial charge on any atom is -0.397 e. The molecule has 4 aromatic rings. The van der Waals surface area contributed by atoms with Gasteiger partial charge in [-0.15, -0.1) is 0 Å². The second-order valence-electron chi connectivity index (χ2n) is 8.58. The van der Waals surface area contributed by atoms with Gasteiger partial charge in [-0.3, -0.25) is 0 Å². The van der Waals surface area contributed by atoms with Gasteiger partial charge in [0.1, 0.15) is 0 Å². The van der Waals surface area contributed by atoms with Crippen LogP contribution in [0, 0.1) is 0 Å². The highest BCUT2D eigenvalue weighted by Crippen LogP contribution is 2.41. The number of hydrogen-bond donors (Lipinski definition) is 2. The summed E-state index contributed by atoms with van der Waals surface area (Å²) >= 11 is 0. The summed E-state index contributed by atoms with van der Waals surface area (Å²) in [5.74, 6) is 0.759. The van der Waals surface area contributed by atoms with E-state index in [1.54, 1.807) is 0 Å². The van der Waals surface area contributed by atoms with Gasteiger partial charge >= 0.3 is 0 Å². The molecule has 0 unspecified atom stereocenters. The Hall–Kier alpha value is -3.26. The molecule has 0 aliphatic rings. The van der Waals surface area contributed by atoms with Crippen LogP contribution in [0.25, 0.3) is 21.9 Å². The zero-order valence-electron chi connectivity index (χ0n) is 18.2. The van der Waals surface area contributed by atoms with Crippen LogP contribution in [-0.2, 0) is 0 Å². The number of nitrogens with one attached hydrogen (secondary N) is 1. The molecule has 0 saturated carbocycles. The molecule has 0 radical (unpaired) electrons. The number of nitrogens with two attached hydrogens (primary N) is 1. The van der Waals surface area contributed by atoms with Gasteiger partial charge in [0.05, 0.1) is 11.4 Å². The number of fused-ring (bicyclic) bond motifs is 1. The third-order valence-electron chi connectivity index (χ3n) is 5.76. The Labute approximate surface area is 179 Å². The number of anilines is 3. The number of hydrogen-bond acceptors (Lipinski definition) is 2. The lowest BCUT2D eigenvalue weighted by Crippen LogP contribution is -2.06. The van der Waals surface area contributed by atoms with Crippen LogP contribution >= 0.6 is 0 Å². The molecular formula is C28H30N2. The minimum absolute atomic E-state index is 0.380. The summed E-state index contributed by atoms with van der Waals surface area (Å²) in [6.45, 7) is 9.02. The van der Waals surface area contributed by atoms with Crippen molar-refractivity contribution in [2.45, 2.75) is 39.5 Å². The van der Waals surface area contributed by atoms with Crippen molar-refractivity contribution in [3.8, 4) is 11.1 Å². The van der Waals surface area contributed by atoms with E-state index in [2.05, 4.69) is 106 Å². The lowest BCUT2D eigenvalue weighted by Gasteiger charge is -2.24. The van der Waals surface area contributed by atoms with Crippen LogP contribution in [-0.4, -0.2) is 0 Å². The van der Waals surface area contributed by atoms with E-state index in [1.165, 1.54) is 33.3 Å². The summed E-state index contributed by atoms with van der Waals surface area (Å²) in [5, 5.41) is 6.10. The van der Waals surface area contributed by atoms with Gasteiger partial charge in [0.2, 0.25) is 0 Å². The molecule has 0 aromatic heterocycles. The van der Waals surface area contributed by atoms with Crippen molar-refractivity contribution in [1.82, 2.24) is 0 Å². The fourth-order valence-corrected chi connectivity index (χ4v) is 4.09. The Bertz CT molecular complexity index is 1140. The summed E-state index contributed by atoms with van der Waals surface area (Å²) in [4.78, 5) is 0. The third-order valence-corrected chi connectivity index (χ3v) is 5.76. The van der Waals surface area contributed by atoms with Crippen LogP contribution < -0.4 is 11.1 Å². The van der Waals surface area contributed by atoms with Gasteiger partial charge in [0.25, 0.3) is 0 Å². The molecule has 0 spiro atoms. The van der Waals surface area contributed by atoms with Gasteiger partial charge in [-0.25, -0.2) is 0 Å². The van der Waals surface area contributed by atoms with E-state index in [9.17, 15) is 0 Å². The van der Waals surface area contributed by atoms with Crippen LogP contribution in [0.4, 0.5) is 17.1 Å². The van der Waals surface area contributed by atoms with E-state index < -0.39 is 0 Å². The topological polar surface area (TPSA) is 38.0 Å². The molecule has 0 aliphatic carbocycles. The van der Waals surface area contributed by atoms with E-state index in [1.807, 2.05) is 6.07 Å². The van der Waals surface area contributed by atoms with E-state index in [4.69, 9.17) is 5.73 Å². The van der Waals surface area contributed by atoms with E-state index in [0.717, 1.165) is 16.8 Å². The Morgan fingerprint density at radius 1 is 0.633 bits per heavy atom. The van der Waals surface area contributed by atoms with Crippen molar-refractivity contribution in [2.75, 3.05) is 11.1 Å². The highest BCUT2D eigenvalue weighted by molar-refractivity contribution is 6.01. The van der Waals surface area contributed by atoms with Gasteiger partial charge in [-0.2, -0.15) is 0 Å². The quantitative estimate of drug-likeness (QED) is 0.336. The Morgan fingerprint density at radius 2 is 1.23 bits per heavy atom. The van der Waals surface area contributed by atoms with Crippen molar-refractivity contribution >= 4 is 27.8 Å². The molecular weight excluding hydrogens is 364 g/mol. The molecule has 0 aliphatic heterocycles. The lowest BCUT2D eigenvalue weighted by atomic mass is 9.88. The smallest absolute Gasteiger partial charge is 0.0697 e. The van der Waals surface area contributed by atoms with Crippen molar-refractivity contribution in [3.05, 3.63) is 90.0 Å². The molecule has 0 fully saturated rings. The SMILES string of the molecule is CC(C)c1cc(-c2ccccc2)cc(C(C)C)c1Nc1c(N)ccc2ccccc12. The van der Waals surface area contributed by atoms with Gasteiger partial charge < -0.3 is 11.1 Å². The summed E-state index contributed by atoms with van der Waals surface area (Å²) in [6.07, 6.45) is 0. The normalized spacial score (nSPS) is 11.4. The highest BCUT2D eigenvalue weighted by Gasteiger charge is 2.18. The molecule has 152 valence electrons. The van der Waals surface area contributed by atoms with Gasteiger partial charge in [0.15, 0.2) is 0 Å². The average molecular weight is 395 g/mol. The molecule has 4 rings (SSSR count). The van der Waals surface area contributed by atoms with Crippen LogP contribution in [0.15, 0.2) is 78.9 Å². The van der Waals surface area contributed by atoms with E-state index in [-0.39, 0.29) is 0 Å². The molecule has 4 aromatic carbocycles. The Kier molecular flexibility index (Phi) is 5.50. The first-order valence-corrected chi connectivity index (χ1v) is 10.7.